The second-order valence-corrected chi connectivity index (χ2v) is 8.16. The van der Waals surface area contributed by atoms with Crippen LogP contribution in [-0.4, -0.2) is 47.9 Å². The third-order valence-corrected chi connectivity index (χ3v) is 5.99. The van der Waals surface area contributed by atoms with Crippen molar-refractivity contribution in [3.05, 3.63) is 56.9 Å². The first kappa shape index (κ1) is 18.7. The van der Waals surface area contributed by atoms with E-state index < -0.39 is 0 Å². The first-order valence-electron chi connectivity index (χ1n) is 8.93. The summed E-state index contributed by atoms with van der Waals surface area (Å²) < 4.78 is 0. The lowest BCUT2D eigenvalue weighted by molar-refractivity contribution is 0.0735. The van der Waals surface area contributed by atoms with Crippen LogP contribution in [0, 0.1) is 20.8 Å². The van der Waals surface area contributed by atoms with E-state index in [1.165, 1.54) is 16.0 Å². The lowest BCUT2D eigenvalue weighted by Gasteiger charge is -2.24. The van der Waals surface area contributed by atoms with Gasteiger partial charge in [0.1, 0.15) is 0 Å². The van der Waals surface area contributed by atoms with Gasteiger partial charge in [-0.2, -0.15) is 0 Å². The van der Waals surface area contributed by atoms with E-state index >= 15 is 0 Å². The topological polar surface area (TPSA) is 39.3 Å². The number of aromatic nitrogens is 1. The molecule has 138 valence electrons. The quantitative estimate of drug-likeness (QED) is 0.701. The van der Waals surface area contributed by atoms with Crippen LogP contribution in [-0.2, 0) is 6.54 Å². The minimum absolute atomic E-state index is 0.0894. The van der Waals surface area contributed by atoms with Crippen LogP contribution in [0.25, 0.3) is 10.9 Å². The number of carbonyl (C=O) groups is 1. The molecule has 0 radical (unpaired) electrons. The molecule has 3 rings (SSSR count). The Morgan fingerprint density at radius 3 is 2.54 bits per heavy atom. The van der Waals surface area contributed by atoms with Gasteiger partial charge in [0.15, 0.2) is 0 Å². The molecule has 3 aromatic rings. The van der Waals surface area contributed by atoms with Crippen molar-refractivity contribution >= 4 is 28.1 Å². The van der Waals surface area contributed by atoms with Crippen molar-refractivity contribution in [3.8, 4) is 0 Å². The molecule has 0 saturated heterocycles. The number of thiophene rings is 1. The summed E-state index contributed by atoms with van der Waals surface area (Å²) in [7, 11) is 4.08. The van der Waals surface area contributed by atoms with Gasteiger partial charge in [-0.1, -0.05) is 12.1 Å². The number of aryl methyl sites for hydroxylation is 3. The predicted molar refractivity (Wildman–Crippen MR) is 110 cm³/mol. The van der Waals surface area contributed by atoms with Gasteiger partial charge in [-0.15, -0.1) is 11.3 Å². The number of hydrogen-bond donors (Lipinski definition) is 1. The number of para-hydroxylation sites is 1. The number of aromatic amines is 1. The number of benzene rings is 1. The molecular weight excluding hydrogens is 342 g/mol. The van der Waals surface area contributed by atoms with Crippen LogP contribution < -0.4 is 0 Å². The van der Waals surface area contributed by atoms with E-state index in [0.29, 0.717) is 13.1 Å². The highest BCUT2D eigenvalue weighted by Crippen LogP contribution is 2.26. The molecule has 2 heterocycles. The Balaban J connectivity index is 1.96. The van der Waals surface area contributed by atoms with Gasteiger partial charge >= 0.3 is 0 Å². The molecule has 2 aromatic heterocycles. The standard InChI is InChI=1S/C21H27N3OS/c1-14-9-12-26-19(14)13-24(11-10-23(4)5)21(25)18-8-6-7-17-15(2)16(3)22-20(17)18/h6-9,12,22H,10-11,13H2,1-5H3. The van der Waals surface area contributed by atoms with Crippen LogP contribution in [0.4, 0.5) is 0 Å². The fourth-order valence-corrected chi connectivity index (χ4v) is 4.06. The summed E-state index contributed by atoms with van der Waals surface area (Å²) in [5, 5.41) is 3.23. The Labute approximate surface area is 159 Å². The first-order chi connectivity index (χ1) is 12.4. The van der Waals surface area contributed by atoms with Crippen molar-refractivity contribution in [2.75, 3.05) is 27.2 Å². The zero-order valence-corrected chi connectivity index (χ0v) is 17.0. The van der Waals surface area contributed by atoms with Crippen LogP contribution in [0.5, 0.6) is 0 Å². The minimum Gasteiger partial charge on any atom is -0.358 e. The molecule has 0 atom stereocenters. The summed E-state index contributed by atoms with van der Waals surface area (Å²) in [6, 6.07) is 8.12. The molecule has 0 spiro atoms. The third kappa shape index (κ3) is 3.69. The fourth-order valence-electron chi connectivity index (χ4n) is 3.14. The largest absolute Gasteiger partial charge is 0.358 e. The van der Waals surface area contributed by atoms with Crippen LogP contribution in [0.2, 0.25) is 0 Å². The molecule has 0 saturated carbocycles. The van der Waals surface area contributed by atoms with Crippen molar-refractivity contribution < 1.29 is 4.79 Å². The Morgan fingerprint density at radius 1 is 1.12 bits per heavy atom. The second-order valence-electron chi connectivity index (χ2n) is 7.16. The van der Waals surface area contributed by atoms with Gasteiger partial charge < -0.3 is 14.8 Å². The van der Waals surface area contributed by atoms with Crippen LogP contribution >= 0.6 is 11.3 Å². The Kier molecular flexibility index (Phi) is 5.49. The number of nitrogens with zero attached hydrogens (tertiary/aromatic N) is 2. The zero-order chi connectivity index (χ0) is 18.8. The predicted octanol–water partition coefficient (Wildman–Crippen LogP) is 4.36. The summed E-state index contributed by atoms with van der Waals surface area (Å²) in [5.74, 6) is 0.0894. The molecule has 0 aliphatic carbocycles. The van der Waals surface area contributed by atoms with E-state index in [-0.39, 0.29) is 5.91 Å². The Hall–Kier alpha value is -2.11. The monoisotopic (exact) mass is 369 g/mol. The summed E-state index contributed by atoms with van der Waals surface area (Å²) in [5.41, 5.74) is 5.29. The van der Waals surface area contributed by atoms with Crippen LogP contribution in [0.3, 0.4) is 0 Å². The van der Waals surface area contributed by atoms with E-state index in [0.717, 1.165) is 28.7 Å². The highest BCUT2D eigenvalue weighted by molar-refractivity contribution is 7.10. The molecule has 26 heavy (non-hydrogen) atoms. The third-order valence-electron chi connectivity index (χ3n) is 4.98. The number of nitrogens with one attached hydrogen (secondary N) is 1. The molecule has 0 aliphatic rings. The first-order valence-corrected chi connectivity index (χ1v) is 9.81. The highest BCUT2D eigenvalue weighted by atomic mass is 32.1. The van der Waals surface area contributed by atoms with Crippen molar-refractivity contribution in [2.24, 2.45) is 0 Å². The molecule has 1 N–H and O–H groups in total. The van der Waals surface area contributed by atoms with Gasteiger partial charge in [0.25, 0.3) is 5.91 Å². The van der Waals surface area contributed by atoms with Crippen molar-refractivity contribution in [1.82, 2.24) is 14.8 Å². The number of rotatable bonds is 6. The summed E-state index contributed by atoms with van der Waals surface area (Å²) in [6.45, 7) is 8.47. The minimum atomic E-state index is 0.0894. The lowest BCUT2D eigenvalue weighted by Crippen LogP contribution is -2.36. The SMILES string of the molecule is Cc1ccsc1CN(CCN(C)C)C(=O)c1cccc2c(C)c(C)[nH]c12. The average Bonchev–Trinajstić information content (AvgIpc) is 3.14. The van der Waals surface area contributed by atoms with Gasteiger partial charge in [0, 0.05) is 29.0 Å². The van der Waals surface area contributed by atoms with Gasteiger partial charge in [-0.05, 0) is 63.5 Å². The maximum atomic E-state index is 13.4. The summed E-state index contributed by atoms with van der Waals surface area (Å²) >= 11 is 1.72. The Bertz CT molecular complexity index is 923. The molecule has 1 amide bonds. The number of H-pyrrole nitrogens is 1. The van der Waals surface area contributed by atoms with Gasteiger partial charge in [0.05, 0.1) is 17.6 Å². The molecule has 0 bridgehead atoms. The number of carbonyl (C=O) groups excluding carboxylic acids is 1. The molecule has 1 aromatic carbocycles. The summed E-state index contributed by atoms with van der Waals surface area (Å²) in [4.78, 5) is 22.2. The summed E-state index contributed by atoms with van der Waals surface area (Å²) in [6.07, 6.45) is 0. The number of hydrogen-bond acceptors (Lipinski definition) is 3. The molecule has 0 unspecified atom stereocenters. The second kappa shape index (κ2) is 7.64. The molecule has 4 nitrogen and oxygen atoms in total. The molecular formula is C21H27N3OS. The van der Waals surface area contributed by atoms with Crippen molar-refractivity contribution in [2.45, 2.75) is 27.3 Å². The number of fused-ring (bicyclic) bond motifs is 1. The van der Waals surface area contributed by atoms with E-state index in [1.807, 2.05) is 31.1 Å². The zero-order valence-electron chi connectivity index (χ0n) is 16.2. The van der Waals surface area contributed by atoms with Gasteiger partial charge in [0.2, 0.25) is 0 Å². The van der Waals surface area contributed by atoms with Crippen LogP contribution in [0.1, 0.15) is 32.1 Å². The maximum Gasteiger partial charge on any atom is 0.256 e. The van der Waals surface area contributed by atoms with Gasteiger partial charge in [-0.25, -0.2) is 0 Å². The van der Waals surface area contributed by atoms with E-state index in [4.69, 9.17) is 0 Å². The number of likely N-dealkylation sites (N-methyl/N-ethyl adjacent to an activating group) is 1. The average molecular weight is 370 g/mol. The van der Waals surface area contributed by atoms with Crippen molar-refractivity contribution in [3.63, 3.8) is 0 Å². The molecule has 0 fully saturated rings. The molecule has 0 aliphatic heterocycles. The normalized spacial score (nSPS) is 11.5. The van der Waals surface area contributed by atoms with Gasteiger partial charge in [-0.3, -0.25) is 4.79 Å². The Morgan fingerprint density at radius 2 is 1.88 bits per heavy atom. The maximum absolute atomic E-state index is 13.4. The van der Waals surface area contributed by atoms with Crippen LogP contribution in [0.15, 0.2) is 29.6 Å². The van der Waals surface area contributed by atoms with Crippen molar-refractivity contribution in [1.29, 1.82) is 0 Å². The van der Waals surface area contributed by atoms with E-state index in [9.17, 15) is 4.79 Å². The fraction of sp³-hybridized carbons (Fsp3) is 0.381. The number of amides is 1. The van der Waals surface area contributed by atoms with E-state index in [2.05, 4.69) is 48.2 Å². The lowest BCUT2D eigenvalue weighted by atomic mass is 10.1. The van der Waals surface area contributed by atoms with E-state index in [1.54, 1.807) is 11.3 Å². The highest BCUT2D eigenvalue weighted by Gasteiger charge is 2.21. The molecule has 5 heteroatoms. The smallest absolute Gasteiger partial charge is 0.256 e.